The zero-order chi connectivity index (χ0) is 16.8. The maximum atomic E-state index is 12.4. The van der Waals surface area contributed by atoms with Crippen molar-refractivity contribution in [2.75, 3.05) is 17.3 Å². The first-order chi connectivity index (χ1) is 11.0. The van der Waals surface area contributed by atoms with Crippen LogP contribution in [-0.4, -0.2) is 23.7 Å². The molecule has 120 valence electrons. The lowest BCUT2D eigenvalue weighted by atomic mass is 10.1. The highest BCUT2D eigenvalue weighted by Gasteiger charge is 2.11. The normalized spacial score (nSPS) is 10.4. The zero-order valence-corrected chi connectivity index (χ0v) is 15.1. The topological polar surface area (TPSA) is 46.2 Å². The highest BCUT2D eigenvalue weighted by molar-refractivity contribution is 8.00. The summed E-state index contributed by atoms with van der Waals surface area (Å²) in [6, 6.07) is 12.8. The van der Waals surface area contributed by atoms with Crippen molar-refractivity contribution >= 4 is 52.5 Å². The van der Waals surface area contributed by atoms with Crippen molar-refractivity contribution in [3.63, 3.8) is 0 Å². The molecule has 0 heterocycles. The van der Waals surface area contributed by atoms with E-state index in [1.807, 2.05) is 30.5 Å². The molecule has 0 atom stereocenters. The minimum atomic E-state index is -0.129. The van der Waals surface area contributed by atoms with Crippen LogP contribution in [-0.2, 0) is 4.79 Å². The molecule has 2 aromatic carbocycles. The van der Waals surface area contributed by atoms with E-state index in [0.717, 1.165) is 15.5 Å². The molecule has 0 saturated heterocycles. The number of hydrogen-bond acceptors (Lipinski definition) is 4. The molecular formula is C17H16ClNO2S2. The van der Waals surface area contributed by atoms with Crippen molar-refractivity contribution in [1.82, 2.24) is 0 Å². The maximum absolute atomic E-state index is 12.4. The first-order valence-electron chi connectivity index (χ1n) is 6.87. The molecule has 3 nitrogen and oxygen atoms in total. The Bertz CT molecular complexity index is 734. The summed E-state index contributed by atoms with van der Waals surface area (Å²) in [7, 11) is 0. The lowest BCUT2D eigenvalue weighted by Gasteiger charge is -2.10. The molecule has 1 amide bonds. The van der Waals surface area contributed by atoms with Gasteiger partial charge in [0.05, 0.1) is 11.4 Å². The van der Waals surface area contributed by atoms with Gasteiger partial charge in [0.2, 0.25) is 5.91 Å². The molecule has 0 radical (unpaired) electrons. The van der Waals surface area contributed by atoms with E-state index in [9.17, 15) is 9.59 Å². The molecule has 0 saturated carbocycles. The lowest BCUT2D eigenvalue weighted by Crippen LogP contribution is -2.08. The average Bonchev–Trinajstić information content (AvgIpc) is 2.52. The van der Waals surface area contributed by atoms with Crippen LogP contribution in [0.15, 0.2) is 52.3 Å². The predicted molar refractivity (Wildman–Crippen MR) is 99.0 cm³/mol. The van der Waals surface area contributed by atoms with Crippen LogP contribution in [0.3, 0.4) is 0 Å². The second-order valence-electron chi connectivity index (χ2n) is 4.77. The van der Waals surface area contributed by atoms with Gasteiger partial charge in [-0.05, 0) is 42.7 Å². The van der Waals surface area contributed by atoms with Crippen molar-refractivity contribution in [2.24, 2.45) is 0 Å². The SMILES string of the molecule is CSc1cc(C(=O)CSc2cccc(Cl)c2)ccc1NC(C)=O. The summed E-state index contributed by atoms with van der Waals surface area (Å²) in [5, 5.41) is 3.42. The van der Waals surface area contributed by atoms with Gasteiger partial charge in [0.25, 0.3) is 0 Å². The van der Waals surface area contributed by atoms with E-state index in [1.165, 1.54) is 30.4 Å². The highest BCUT2D eigenvalue weighted by atomic mass is 35.5. The van der Waals surface area contributed by atoms with E-state index in [2.05, 4.69) is 5.32 Å². The van der Waals surface area contributed by atoms with Crippen molar-refractivity contribution < 1.29 is 9.59 Å². The second-order valence-corrected chi connectivity index (χ2v) is 7.10. The van der Waals surface area contributed by atoms with Crippen LogP contribution in [0, 0.1) is 0 Å². The molecule has 0 bridgehead atoms. The van der Waals surface area contributed by atoms with Gasteiger partial charge >= 0.3 is 0 Å². The number of carbonyl (C=O) groups is 2. The van der Waals surface area contributed by atoms with Gasteiger partial charge in [-0.3, -0.25) is 9.59 Å². The van der Waals surface area contributed by atoms with E-state index in [-0.39, 0.29) is 11.7 Å². The minimum absolute atomic E-state index is 0.0413. The summed E-state index contributed by atoms with van der Waals surface area (Å²) in [6.07, 6.45) is 1.91. The van der Waals surface area contributed by atoms with Crippen molar-refractivity contribution in [3.05, 3.63) is 53.1 Å². The number of hydrogen-bond donors (Lipinski definition) is 1. The van der Waals surface area contributed by atoms with Crippen molar-refractivity contribution in [1.29, 1.82) is 0 Å². The number of ketones is 1. The summed E-state index contributed by atoms with van der Waals surface area (Å²) < 4.78 is 0. The number of rotatable bonds is 6. The number of Topliss-reactive ketones (excluding diaryl/α,β-unsaturated/α-hetero) is 1. The van der Waals surface area contributed by atoms with Crippen LogP contribution in [0.2, 0.25) is 5.02 Å². The fourth-order valence-electron chi connectivity index (χ4n) is 1.95. The molecule has 0 aromatic heterocycles. The number of amides is 1. The Morgan fingerprint density at radius 3 is 2.61 bits per heavy atom. The minimum Gasteiger partial charge on any atom is -0.325 e. The third-order valence-corrected chi connectivity index (χ3v) is 5.01. The van der Waals surface area contributed by atoms with Gasteiger partial charge in [0.15, 0.2) is 5.78 Å². The number of anilines is 1. The summed E-state index contributed by atoms with van der Waals surface area (Å²) in [6.45, 7) is 1.46. The lowest BCUT2D eigenvalue weighted by molar-refractivity contribution is -0.114. The van der Waals surface area contributed by atoms with E-state index in [4.69, 9.17) is 11.6 Å². The van der Waals surface area contributed by atoms with Crippen molar-refractivity contribution in [3.8, 4) is 0 Å². The molecule has 2 aromatic rings. The van der Waals surface area contributed by atoms with E-state index in [1.54, 1.807) is 18.2 Å². The average molecular weight is 366 g/mol. The zero-order valence-electron chi connectivity index (χ0n) is 12.8. The van der Waals surface area contributed by atoms with Crippen LogP contribution in [0.4, 0.5) is 5.69 Å². The Labute approximate surface area is 149 Å². The van der Waals surface area contributed by atoms with Crippen LogP contribution in [0.5, 0.6) is 0 Å². The third kappa shape index (κ3) is 5.30. The van der Waals surface area contributed by atoms with Crippen molar-refractivity contribution in [2.45, 2.75) is 16.7 Å². The van der Waals surface area contributed by atoms with Crippen LogP contribution < -0.4 is 5.32 Å². The first-order valence-corrected chi connectivity index (χ1v) is 9.45. The largest absolute Gasteiger partial charge is 0.325 e. The second kappa shape index (κ2) is 8.43. The number of halogens is 1. The molecule has 0 aliphatic rings. The molecule has 2 rings (SSSR count). The smallest absolute Gasteiger partial charge is 0.221 e. The number of carbonyl (C=O) groups excluding carboxylic acids is 2. The van der Waals surface area contributed by atoms with Crippen LogP contribution in [0.25, 0.3) is 0 Å². The van der Waals surface area contributed by atoms with E-state index >= 15 is 0 Å². The Morgan fingerprint density at radius 1 is 1.17 bits per heavy atom. The summed E-state index contributed by atoms with van der Waals surface area (Å²) in [5.41, 5.74) is 1.36. The van der Waals surface area contributed by atoms with Gasteiger partial charge in [0, 0.05) is 27.3 Å². The molecule has 0 unspecified atom stereocenters. The summed E-state index contributed by atoms with van der Waals surface area (Å²) in [5.74, 6) is 0.253. The molecule has 0 spiro atoms. The van der Waals surface area contributed by atoms with Gasteiger partial charge < -0.3 is 5.32 Å². The standard InChI is InChI=1S/C17H16ClNO2S2/c1-11(20)19-15-7-6-12(8-17(15)22-2)16(21)10-23-14-5-3-4-13(18)9-14/h3-9H,10H2,1-2H3,(H,19,20). The highest BCUT2D eigenvalue weighted by Crippen LogP contribution is 2.28. The molecule has 23 heavy (non-hydrogen) atoms. The Morgan fingerprint density at radius 2 is 1.96 bits per heavy atom. The van der Waals surface area contributed by atoms with Gasteiger partial charge in [-0.2, -0.15) is 0 Å². The van der Waals surface area contributed by atoms with E-state index < -0.39 is 0 Å². The van der Waals surface area contributed by atoms with Gasteiger partial charge in [0.1, 0.15) is 0 Å². The summed E-state index contributed by atoms with van der Waals surface area (Å²) in [4.78, 5) is 25.4. The van der Waals surface area contributed by atoms with Crippen LogP contribution >= 0.6 is 35.1 Å². The summed E-state index contributed by atoms with van der Waals surface area (Å²) >= 11 is 8.89. The Kier molecular flexibility index (Phi) is 6.57. The van der Waals surface area contributed by atoms with E-state index in [0.29, 0.717) is 16.3 Å². The molecule has 0 fully saturated rings. The molecule has 6 heteroatoms. The Hall–Kier alpha value is -1.43. The van der Waals surface area contributed by atoms with Gasteiger partial charge in [-0.25, -0.2) is 0 Å². The first kappa shape index (κ1) is 17.9. The van der Waals surface area contributed by atoms with Gasteiger partial charge in [-0.1, -0.05) is 17.7 Å². The molecular weight excluding hydrogens is 350 g/mol. The van der Waals surface area contributed by atoms with Crippen LogP contribution in [0.1, 0.15) is 17.3 Å². The Balaban J connectivity index is 2.08. The fraction of sp³-hybridized carbons (Fsp3) is 0.176. The predicted octanol–water partition coefficient (Wildman–Crippen LogP) is 5.00. The molecule has 1 N–H and O–H groups in total. The number of benzene rings is 2. The number of nitrogens with one attached hydrogen (secondary N) is 1. The number of thioether (sulfide) groups is 2. The fourth-order valence-corrected chi connectivity index (χ4v) is 3.63. The van der Waals surface area contributed by atoms with Gasteiger partial charge in [-0.15, -0.1) is 23.5 Å². The monoisotopic (exact) mass is 365 g/mol. The molecule has 0 aliphatic heterocycles. The third-order valence-electron chi connectivity index (χ3n) is 3.00. The molecule has 0 aliphatic carbocycles. The maximum Gasteiger partial charge on any atom is 0.221 e. The quantitative estimate of drug-likeness (QED) is 0.578.